The smallest absolute Gasteiger partial charge is 0.0477 e. The lowest BCUT2D eigenvalue weighted by atomic mass is 10.2. The fourth-order valence-corrected chi connectivity index (χ4v) is 4.05. The minimum absolute atomic E-state index is 1.41. The van der Waals surface area contributed by atoms with Crippen molar-refractivity contribution in [3.8, 4) is 9.75 Å². The van der Waals surface area contributed by atoms with Crippen LogP contribution >= 0.6 is 22.7 Å². The van der Waals surface area contributed by atoms with Gasteiger partial charge in [0.15, 0.2) is 0 Å². The standard InChI is InChI=1S/C12H14S2/c1-7-5-9(3)13-11(7)12-8(2)6-10(4)14-12/h5-6H,1-4H3. The summed E-state index contributed by atoms with van der Waals surface area (Å²) in [5.41, 5.74) is 2.83. The molecule has 74 valence electrons. The Hall–Kier alpha value is -0.600. The molecule has 0 atom stereocenters. The topological polar surface area (TPSA) is 0 Å². The highest BCUT2D eigenvalue weighted by atomic mass is 32.1. The van der Waals surface area contributed by atoms with Crippen molar-refractivity contribution < 1.29 is 0 Å². The second kappa shape index (κ2) is 3.52. The van der Waals surface area contributed by atoms with Crippen LogP contribution in [0.2, 0.25) is 0 Å². The zero-order valence-electron chi connectivity index (χ0n) is 8.97. The van der Waals surface area contributed by atoms with Gasteiger partial charge in [-0.1, -0.05) is 0 Å². The molecule has 2 heteroatoms. The Morgan fingerprint density at radius 2 is 1.07 bits per heavy atom. The fraction of sp³-hybridized carbons (Fsp3) is 0.333. The third kappa shape index (κ3) is 1.64. The third-order valence-corrected chi connectivity index (χ3v) is 4.76. The van der Waals surface area contributed by atoms with Gasteiger partial charge in [-0.15, -0.1) is 22.7 Å². The van der Waals surface area contributed by atoms with Gasteiger partial charge in [0.05, 0.1) is 0 Å². The molecule has 0 nitrogen and oxygen atoms in total. The molecule has 0 aromatic carbocycles. The Labute approximate surface area is 93.2 Å². The molecule has 0 radical (unpaired) electrons. The van der Waals surface area contributed by atoms with E-state index in [4.69, 9.17) is 0 Å². The van der Waals surface area contributed by atoms with Crippen LogP contribution in [-0.4, -0.2) is 0 Å². The van der Waals surface area contributed by atoms with E-state index in [-0.39, 0.29) is 0 Å². The van der Waals surface area contributed by atoms with Gasteiger partial charge in [0.2, 0.25) is 0 Å². The lowest BCUT2D eigenvalue weighted by Crippen LogP contribution is -1.72. The lowest BCUT2D eigenvalue weighted by Gasteiger charge is -1.96. The summed E-state index contributed by atoms with van der Waals surface area (Å²) in [5, 5.41) is 0. The first-order valence-corrected chi connectivity index (χ1v) is 6.35. The van der Waals surface area contributed by atoms with Gasteiger partial charge in [0.1, 0.15) is 0 Å². The van der Waals surface area contributed by atoms with E-state index in [1.165, 1.54) is 30.6 Å². The zero-order valence-corrected chi connectivity index (χ0v) is 10.6. The molecule has 0 saturated heterocycles. The van der Waals surface area contributed by atoms with Gasteiger partial charge >= 0.3 is 0 Å². The maximum atomic E-state index is 2.27. The molecule has 2 aromatic rings. The highest BCUT2D eigenvalue weighted by Gasteiger charge is 2.10. The minimum Gasteiger partial charge on any atom is -0.139 e. The average molecular weight is 222 g/mol. The van der Waals surface area contributed by atoms with Gasteiger partial charge in [0, 0.05) is 19.5 Å². The third-order valence-electron chi connectivity index (χ3n) is 2.29. The number of rotatable bonds is 1. The summed E-state index contributed by atoms with van der Waals surface area (Å²) in [6, 6.07) is 4.54. The van der Waals surface area contributed by atoms with Crippen LogP contribution in [0.5, 0.6) is 0 Å². The summed E-state index contributed by atoms with van der Waals surface area (Å²) in [5.74, 6) is 0. The van der Waals surface area contributed by atoms with E-state index in [0.717, 1.165) is 0 Å². The van der Waals surface area contributed by atoms with Gasteiger partial charge in [-0.05, 0) is 51.0 Å². The second-order valence-electron chi connectivity index (χ2n) is 3.74. The summed E-state index contributed by atoms with van der Waals surface area (Å²) in [7, 11) is 0. The molecule has 0 aliphatic heterocycles. The maximum absolute atomic E-state index is 2.27. The van der Waals surface area contributed by atoms with Crippen LogP contribution < -0.4 is 0 Å². The van der Waals surface area contributed by atoms with Crippen LogP contribution in [0.4, 0.5) is 0 Å². The number of hydrogen-bond donors (Lipinski definition) is 0. The number of aryl methyl sites for hydroxylation is 4. The monoisotopic (exact) mass is 222 g/mol. The van der Waals surface area contributed by atoms with Gasteiger partial charge in [-0.25, -0.2) is 0 Å². The molecule has 14 heavy (non-hydrogen) atoms. The summed E-state index contributed by atoms with van der Waals surface area (Å²) in [6.07, 6.45) is 0. The van der Waals surface area contributed by atoms with Crippen molar-refractivity contribution in [3.05, 3.63) is 33.0 Å². The molecule has 2 rings (SSSR count). The molecule has 0 saturated carbocycles. The highest BCUT2D eigenvalue weighted by molar-refractivity contribution is 7.22. The van der Waals surface area contributed by atoms with E-state index in [1.807, 2.05) is 22.7 Å². The van der Waals surface area contributed by atoms with Gasteiger partial charge in [-0.2, -0.15) is 0 Å². The first-order valence-electron chi connectivity index (χ1n) is 4.72. The maximum Gasteiger partial charge on any atom is 0.0477 e. The van der Waals surface area contributed by atoms with Crippen molar-refractivity contribution in [1.82, 2.24) is 0 Å². The Morgan fingerprint density at radius 3 is 1.29 bits per heavy atom. The zero-order chi connectivity index (χ0) is 10.3. The lowest BCUT2D eigenvalue weighted by molar-refractivity contribution is 1.48. The largest absolute Gasteiger partial charge is 0.139 e. The van der Waals surface area contributed by atoms with Crippen molar-refractivity contribution in [3.63, 3.8) is 0 Å². The predicted molar refractivity (Wildman–Crippen MR) is 66.6 cm³/mol. The van der Waals surface area contributed by atoms with E-state index >= 15 is 0 Å². The van der Waals surface area contributed by atoms with Crippen LogP contribution in [0.1, 0.15) is 20.9 Å². The summed E-state index contributed by atoms with van der Waals surface area (Å²) >= 11 is 3.81. The molecule has 0 aliphatic carbocycles. The van der Waals surface area contributed by atoms with Gasteiger partial charge < -0.3 is 0 Å². The number of hydrogen-bond acceptors (Lipinski definition) is 2. The van der Waals surface area contributed by atoms with E-state index < -0.39 is 0 Å². The van der Waals surface area contributed by atoms with E-state index in [0.29, 0.717) is 0 Å². The molecular weight excluding hydrogens is 208 g/mol. The summed E-state index contributed by atoms with van der Waals surface area (Å²) in [6.45, 7) is 8.76. The average Bonchev–Trinajstić information content (AvgIpc) is 2.55. The SMILES string of the molecule is Cc1cc(C)c(-c2sc(C)cc2C)s1. The fourth-order valence-electron chi connectivity index (χ4n) is 1.73. The molecule has 2 aromatic heterocycles. The Kier molecular flexibility index (Phi) is 2.50. The van der Waals surface area contributed by atoms with Crippen LogP contribution in [0.3, 0.4) is 0 Å². The molecule has 0 fully saturated rings. The van der Waals surface area contributed by atoms with Gasteiger partial charge in [-0.3, -0.25) is 0 Å². The second-order valence-corrected chi connectivity index (χ2v) is 6.25. The molecular formula is C12H14S2. The summed E-state index contributed by atoms with van der Waals surface area (Å²) < 4.78 is 0. The van der Waals surface area contributed by atoms with Crippen molar-refractivity contribution in [2.75, 3.05) is 0 Å². The molecule has 0 N–H and O–H groups in total. The Bertz CT molecular complexity index is 416. The first-order chi connectivity index (χ1) is 6.58. The van der Waals surface area contributed by atoms with Crippen LogP contribution in [0, 0.1) is 27.7 Å². The first kappa shape index (κ1) is 9.94. The van der Waals surface area contributed by atoms with Crippen molar-refractivity contribution in [2.45, 2.75) is 27.7 Å². The quantitative estimate of drug-likeness (QED) is 0.655. The Balaban J connectivity index is 2.59. The molecule has 0 spiro atoms. The normalized spacial score (nSPS) is 10.9. The van der Waals surface area contributed by atoms with E-state index in [2.05, 4.69) is 39.8 Å². The van der Waals surface area contributed by atoms with E-state index in [1.54, 1.807) is 0 Å². The van der Waals surface area contributed by atoms with Crippen molar-refractivity contribution in [2.24, 2.45) is 0 Å². The number of thiophene rings is 2. The van der Waals surface area contributed by atoms with Crippen LogP contribution in [0.15, 0.2) is 12.1 Å². The van der Waals surface area contributed by atoms with E-state index in [9.17, 15) is 0 Å². The molecule has 0 unspecified atom stereocenters. The minimum atomic E-state index is 1.41. The van der Waals surface area contributed by atoms with Gasteiger partial charge in [0.25, 0.3) is 0 Å². The van der Waals surface area contributed by atoms with Crippen molar-refractivity contribution >= 4 is 22.7 Å². The highest BCUT2D eigenvalue weighted by Crippen LogP contribution is 2.38. The van der Waals surface area contributed by atoms with Crippen LogP contribution in [0.25, 0.3) is 9.75 Å². The molecule has 0 bridgehead atoms. The van der Waals surface area contributed by atoms with Crippen molar-refractivity contribution in [1.29, 1.82) is 0 Å². The van der Waals surface area contributed by atoms with Crippen LogP contribution in [-0.2, 0) is 0 Å². The predicted octanol–water partition coefficient (Wildman–Crippen LogP) is 4.71. The summed E-state index contributed by atoms with van der Waals surface area (Å²) in [4.78, 5) is 5.72. The Morgan fingerprint density at radius 1 is 0.714 bits per heavy atom. The molecule has 0 amide bonds. The molecule has 2 heterocycles. The molecule has 0 aliphatic rings.